The van der Waals surface area contributed by atoms with Gasteiger partial charge in [-0.2, -0.15) is 0 Å². The largest absolute Gasteiger partial charge is 0.427 e. The second kappa shape index (κ2) is 8.77. The molecule has 10 heteroatoms. The lowest BCUT2D eigenvalue weighted by Gasteiger charge is -2.29. The van der Waals surface area contributed by atoms with E-state index in [1.165, 1.54) is 19.1 Å². The molecule has 1 aromatic heterocycles. The van der Waals surface area contributed by atoms with E-state index in [2.05, 4.69) is 15.6 Å². The molecule has 4 atom stereocenters. The number of carbonyl (C=O) groups excluding carboxylic acids is 4. The first kappa shape index (κ1) is 24.6. The number of H-pyrrole nitrogens is 1. The van der Waals surface area contributed by atoms with Gasteiger partial charge in [0.1, 0.15) is 11.3 Å². The Morgan fingerprint density at radius 1 is 1.02 bits per heavy atom. The first-order valence-electron chi connectivity index (χ1n) is 12.9. The number of hydrogen-bond acceptors (Lipinski definition) is 6. The minimum Gasteiger partial charge on any atom is -0.427 e. The maximum Gasteiger partial charge on any atom is 0.308 e. The standard InChI is InChI=1S/C30H23ClN4O5/c1-15(36)40-19-9-7-18(8-10-19)35-27(37)25-24(12-16-14-32-22-5-3-2-4-20(16)22)34-30(26(25)28(35)38)21-13-17(31)6-11-23(21)33-29(30)39/h2-11,13-14,24-26,32,34H,12H2,1H3,(H,33,39)/t24-,25+,26+,30+/m0/s1. The summed E-state index contributed by atoms with van der Waals surface area (Å²) in [6, 6.07) is 18.6. The minimum absolute atomic E-state index is 0.296. The van der Waals surface area contributed by atoms with Crippen LogP contribution in [-0.4, -0.2) is 34.7 Å². The van der Waals surface area contributed by atoms with Gasteiger partial charge in [-0.25, -0.2) is 4.90 Å². The summed E-state index contributed by atoms with van der Waals surface area (Å²) in [5.74, 6) is -3.26. The van der Waals surface area contributed by atoms with Gasteiger partial charge in [0.2, 0.25) is 17.7 Å². The Bertz CT molecular complexity index is 1750. The van der Waals surface area contributed by atoms with Gasteiger partial charge in [-0.3, -0.25) is 24.5 Å². The highest BCUT2D eigenvalue weighted by Gasteiger charge is 2.70. The van der Waals surface area contributed by atoms with E-state index in [9.17, 15) is 19.2 Å². The number of esters is 1. The molecule has 0 aliphatic carbocycles. The van der Waals surface area contributed by atoms with Crippen LogP contribution >= 0.6 is 11.6 Å². The van der Waals surface area contributed by atoms with Crippen LogP contribution in [0, 0.1) is 11.8 Å². The Kier molecular flexibility index (Phi) is 5.39. The molecule has 2 fully saturated rings. The summed E-state index contributed by atoms with van der Waals surface area (Å²) in [7, 11) is 0. The molecule has 7 rings (SSSR count). The molecule has 200 valence electrons. The molecule has 0 unspecified atom stereocenters. The molecule has 40 heavy (non-hydrogen) atoms. The van der Waals surface area contributed by atoms with Crippen LogP contribution in [0.15, 0.2) is 72.9 Å². The summed E-state index contributed by atoms with van der Waals surface area (Å²) in [6.07, 6.45) is 2.31. The molecule has 3 N–H and O–H groups in total. The van der Waals surface area contributed by atoms with E-state index in [0.29, 0.717) is 34.1 Å². The Hall–Kier alpha value is -4.47. The van der Waals surface area contributed by atoms with Gasteiger partial charge >= 0.3 is 5.97 Å². The van der Waals surface area contributed by atoms with E-state index in [4.69, 9.17) is 16.3 Å². The normalized spacial score (nSPS) is 25.0. The van der Waals surface area contributed by atoms with Gasteiger partial charge < -0.3 is 15.0 Å². The molecule has 3 aliphatic rings. The zero-order valence-electron chi connectivity index (χ0n) is 21.2. The van der Waals surface area contributed by atoms with Crippen molar-refractivity contribution in [3.8, 4) is 5.75 Å². The lowest BCUT2D eigenvalue weighted by atomic mass is 9.76. The average Bonchev–Trinajstić information content (AvgIpc) is 3.64. The molecule has 2 saturated heterocycles. The van der Waals surface area contributed by atoms with E-state index in [1.807, 2.05) is 30.5 Å². The third-order valence-corrected chi connectivity index (χ3v) is 8.38. The number of amides is 3. The molecule has 9 nitrogen and oxygen atoms in total. The van der Waals surface area contributed by atoms with E-state index in [1.54, 1.807) is 30.3 Å². The number of imide groups is 1. The van der Waals surface area contributed by atoms with Crippen molar-refractivity contribution in [2.75, 3.05) is 10.2 Å². The van der Waals surface area contributed by atoms with Crippen LogP contribution in [0.3, 0.4) is 0 Å². The summed E-state index contributed by atoms with van der Waals surface area (Å²) in [5, 5.41) is 7.78. The van der Waals surface area contributed by atoms with E-state index >= 15 is 0 Å². The highest BCUT2D eigenvalue weighted by atomic mass is 35.5. The van der Waals surface area contributed by atoms with Gasteiger partial charge in [0.05, 0.1) is 17.5 Å². The maximum atomic E-state index is 14.2. The molecule has 3 aromatic carbocycles. The third kappa shape index (κ3) is 3.44. The fourth-order valence-corrected chi connectivity index (χ4v) is 6.74. The van der Waals surface area contributed by atoms with E-state index < -0.39 is 47.1 Å². The van der Waals surface area contributed by atoms with Gasteiger partial charge in [0, 0.05) is 46.3 Å². The van der Waals surface area contributed by atoms with Crippen molar-refractivity contribution in [3.63, 3.8) is 0 Å². The molecular weight excluding hydrogens is 532 g/mol. The molecular formula is C30H23ClN4O5. The molecule has 4 aromatic rings. The zero-order valence-corrected chi connectivity index (χ0v) is 22.0. The Balaban J connectivity index is 1.34. The summed E-state index contributed by atoms with van der Waals surface area (Å²) < 4.78 is 5.11. The van der Waals surface area contributed by atoms with Crippen molar-refractivity contribution >= 4 is 57.6 Å². The SMILES string of the molecule is CC(=O)Oc1ccc(N2C(=O)[C@@H]3[C@H](Cc4c[nH]c5ccccc45)N[C@@]4(C(=O)Nc5ccc(Cl)cc54)[C@H]3C2=O)cc1. The quantitative estimate of drug-likeness (QED) is 0.200. The first-order chi connectivity index (χ1) is 19.3. The molecule has 0 saturated carbocycles. The van der Waals surface area contributed by atoms with Crippen LogP contribution in [0.1, 0.15) is 18.1 Å². The monoisotopic (exact) mass is 554 g/mol. The number of halogens is 1. The number of para-hydroxylation sites is 1. The molecule has 3 aliphatic heterocycles. The van der Waals surface area contributed by atoms with Crippen molar-refractivity contribution in [2.24, 2.45) is 11.8 Å². The van der Waals surface area contributed by atoms with Crippen LogP contribution < -0.4 is 20.3 Å². The fraction of sp³-hybridized carbons (Fsp3) is 0.200. The van der Waals surface area contributed by atoms with Gasteiger partial charge in [-0.05, 0) is 60.5 Å². The van der Waals surface area contributed by atoms with Crippen molar-refractivity contribution in [1.82, 2.24) is 10.3 Å². The predicted molar refractivity (Wildman–Crippen MR) is 148 cm³/mol. The summed E-state index contributed by atoms with van der Waals surface area (Å²) >= 11 is 6.36. The summed E-state index contributed by atoms with van der Waals surface area (Å²) in [5.41, 5.74) is 1.90. The number of anilines is 2. The number of hydrogen-bond donors (Lipinski definition) is 3. The summed E-state index contributed by atoms with van der Waals surface area (Å²) in [6.45, 7) is 1.29. The predicted octanol–water partition coefficient (Wildman–Crippen LogP) is 3.91. The van der Waals surface area contributed by atoms with Crippen LogP contribution in [-0.2, 0) is 31.1 Å². The Labute approximate surface area is 233 Å². The zero-order chi connectivity index (χ0) is 27.8. The molecule has 3 amide bonds. The number of ether oxygens (including phenoxy) is 1. The average molecular weight is 555 g/mol. The van der Waals surface area contributed by atoms with Crippen molar-refractivity contribution in [1.29, 1.82) is 0 Å². The topological polar surface area (TPSA) is 121 Å². The smallest absolute Gasteiger partial charge is 0.308 e. The van der Waals surface area contributed by atoms with Gasteiger partial charge in [-0.1, -0.05) is 29.8 Å². The Morgan fingerprint density at radius 2 is 1.80 bits per heavy atom. The Morgan fingerprint density at radius 3 is 2.58 bits per heavy atom. The number of nitrogens with one attached hydrogen (secondary N) is 3. The van der Waals surface area contributed by atoms with Crippen molar-refractivity contribution in [2.45, 2.75) is 24.9 Å². The van der Waals surface area contributed by atoms with E-state index in [-0.39, 0.29) is 0 Å². The number of fused-ring (bicyclic) bond motifs is 5. The second-order valence-electron chi connectivity index (χ2n) is 10.4. The first-order valence-corrected chi connectivity index (χ1v) is 13.3. The molecule has 1 spiro atoms. The number of aromatic nitrogens is 1. The van der Waals surface area contributed by atoms with E-state index in [0.717, 1.165) is 21.4 Å². The van der Waals surface area contributed by atoms with Crippen LogP contribution in [0.2, 0.25) is 5.02 Å². The fourth-order valence-electron chi connectivity index (χ4n) is 6.57. The van der Waals surface area contributed by atoms with Gasteiger partial charge in [0.15, 0.2) is 0 Å². The second-order valence-corrected chi connectivity index (χ2v) is 10.8. The maximum absolute atomic E-state index is 14.2. The summed E-state index contributed by atoms with van der Waals surface area (Å²) in [4.78, 5) is 57.8. The number of benzene rings is 3. The molecule has 0 bridgehead atoms. The number of aromatic amines is 1. The number of carbonyl (C=O) groups is 4. The number of nitrogens with zero attached hydrogens (tertiary/aromatic N) is 1. The van der Waals surface area contributed by atoms with Gasteiger partial charge in [-0.15, -0.1) is 0 Å². The highest BCUT2D eigenvalue weighted by Crippen LogP contribution is 2.54. The molecule has 0 radical (unpaired) electrons. The number of rotatable bonds is 4. The third-order valence-electron chi connectivity index (χ3n) is 8.15. The van der Waals surface area contributed by atoms with Crippen LogP contribution in [0.4, 0.5) is 11.4 Å². The van der Waals surface area contributed by atoms with Crippen LogP contribution in [0.5, 0.6) is 5.75 Å². The lowest BCUT2D eigenvalue weighted by Crippen LogP contribution is -2.53. The minimum atomic E-state index is -1.47. The van der Waals surface area contributed by atoms with Gasteiger partial charge in [0.25, 0.3) is 0 Å². The molecule has 4 heterocycles. The van der Waals surface area contributed by atoms with Crippen molar-refractivity contribution < 1.29 is 23.9 Å². The van der Waals surface area contributed by atoms with Crippen LogP contribution in [0.25, 0.3) is 10.9 Å². The highest BCUT2D eigenvalue weighted by molar-refractivity contribution is 6.31. The lowest BCUT2D eigenvalue weighted by molar-refractivity contribution is -0.132. The van der Waals surface area contributed by atoms with Crippen molar-refractivity contribution in [3.05, 3.63) is 89.1 Å².